The highest BCUT2D eigenvalue weighted by Gasteiger charge is 2.02. The van der Waals surface area contributed by atoms with Gasteiger partial charge in [-0.3, -0.25) is 9.98 Å². The lowest BCUT2D eigenvalue weighted by Crippen LogP contribution is -2.41. The highest BCUT2D eigenvalue weighted by Crippen LogP contribution is 1.97. The molecule has 0 aromatic carbocycles. The first-order valence-corrected chi connectivity index (χ1v) is 6.05. The van der Waals surface area contributed by atoms with Crippen LogP contribution in [-0.2, 0) is 6.54 Å². The summed E-state index contributed by atoms with van der Waals surface area (Å²) in [4.78, 5) is 8.61. The van der Waals surface area contributed by atoms with Crippen LogP contribution >= 0.6 is 24.0 Å². The average Bonchev–Trinajstić information content (AvgIpc) is 2.34. The van der Waals surface area contributed by atoms with E-state index in [1.807, 2.05) is 25.1 Å². The maximum absolute atomic E-state index is 4.43. The van der Waals surface area contributed by atoms with E-state index in [0.29, 0.717) is 12.6 Å². The van der Waals surface area contributed by atoms with Crippen molar-refractivity contribution in [2.75, 3.05) is 7.05 Å². The van der Waals surface area contributed by atoms with Crippen LogP contribution in [0.4, 0.5) is 0 Å². The van der Waals surface area contributed by atoms with E-state index in [0.717, 1.165) is 23.8 Å². The molecule has 18 heavy (non-hydrogen) atoms. The van der Waals surface area contributed by atoms with Crippen LogP contribution in [0.25, 0.3) is 0 Å². The minimum atomic E-state index is 0. The van der Waals surface area contributed by atoms with Gasteiger partial charge >= 0.3 is 0 Å². The molecule has 0 saturated heterocycles. The molecular formula is C13H23IN4. The molecule has 1 unspecified atom stereocenters. The quantitative estimate of drug-likeness (QED) is 0.492. The maximum Gasteiger partial charge on any atom is 0.191 e. The Hall–Kier alpha value is -0.850. The van der Waals surface area contributed by atoms with Crippen molar-refractivity contribution in [1.82, 2.24) is 15.6 Å². The lowest BCUT2D eigenvalue weighted by molar-refractivity contribution is 0.623. The molecule has 102 valence electrons. The summed E-state index contributed by atoms with van der Waals surface area (Å²) in [5, 5.41) is 6.57. The molecule has 0 radical (unpaired) electrons. The third-order valence-electron chi connectivity index (χ3n) is 2.60. The monoisotopic (exact) mass is 362 g/mol. The number of aliphatic imine (C=N–C) groups is 1. The number of guanidine groups is 1. The summed E-state index contributed by atoms with van der Waals surface area (Å²) in [6, 6.07) is 6.45. The number of nitrogens with zero attached hydrogens (tertiary/aromatic N) is 2. The smallest absolute Gasteiger partial charge is 0.191 e. The van der Waals surface area contributed by atoms with E-state index in [9.17, 15) is 0 Å². The summed E-state index contributed by atoms with van der Waals surface area (Å²) in [5.41, 5.74) is 2.06. The summed E-state index contributed by atoms with van der Waals surface area (Å²) in [6.45, 7) is 6.97. The number of aryl methyl sites for hydroxylation is 1. The van der Waals surface area contributed by atoms with Gasteiger partial charge in [-0.25, -0.2) is 0 Å². The molecule has 1 rings (SSSR count). The van der Waals surface area contributed by atoms with Crippen molar-refractivity contribution in [3.63, 3.8) is 0 Å². The fraction of sp³-hybridized carbons (Fsp3) is 0.538. The second kappa shape index (κ2) is 9.13. The molecule has 1 heterocycles. The molecule has 0 spiro atoms. The molecule has 1 aromatic rings. The van der Waals surface area contributed by atoms with Gasteiger partial charge in [0.1, 0.15) is 0 Å². The van der Waals surface area contributed by atoms with Gasteiger partial charge in [-0.1, -0.05) is 13.0 Å². The third-order valence-corrected chi connectivity index (χ3v) is 2.60. The number of hydrogen-bond donors (Lipinski definition) is 2. The van der Waals surface area contributed by atoms with Crippen molar-refractivity contribution in [3.8, 4) is 0 Å². The predicted octanol–water partition coefficient (Wildman–Crippen LogP) is 2.47. The number of rotatable bonds is 4. The van der Waals surface area contributed by atoms with E-state index in [1.54, 1.807) is 7.05 Å². The SMILES string of the molecule is CCC(C)NC(=NC)NCc1cccc(C)n1.I. The van der Waals surface area contributed by atoms with E-state index in [1.165, 1.54) is 0 Å². The summed E-state index contributed by atoms with van der Waals surface area (Å²) < 4.78 is 0. The van der Waals surface area contributed by atoms with Gasteiger partial charge in [0, 0.05) is 18.8 Å². The fourth-order valence-electron chi connectivity index (χ4n) is 1.40. The number of pyridine rings is 1. The lowest BCUT2D eigenvalue weighted by Gasteiger charge is -2.16. The predicted molar refractivity (Wildman–Crippen MR) is 87.5 cm³/mol. The van der Waals surface area contributed by atoms with Crippen molar-refractivity contribution in [1.29, 1.82) is 0 Å². The Morgan fingerprint density at radius 2 is 2.17 bits per heavy atom. The van der Waals surface area contributed by atoms with Crippen LogP contribution in [0.3, 0.4) is 0 Å². The van der Waals surface area contributed by atoms with Crippen LogP contribution in [0, 0.1) is 6.92 Å². The molecule has 0 bridgehead atoms. The molecular weight excluding hydrogens is 339 g/mol. The summed E-state index contributed by atoms with van der Waals surface area (Å²) in [7, 11) is 1.78. The number of nitrogens with one attached hydrogen (secondary N) is 2. The number of hydrogen-bond acceptors (Lipinski definition) is 2. The van der Waals surface area contributed by atoms with E-state index in [-0.39, 0.29) is 24.0 Å². The minimum Gasteiger partial charge on any atom is -0.354 e. The molecule has 5 heteroatoms. The van der Waals surface area contributed by atoms with Crippen LogP contribution < -0.4 is 10.6 Å². The Labute approximate surface area is 127 Å². The molecule has 0 saturated carbocycles. The molecule has 0 amide bonds. The molecule has 0 aliphatic carbocycles. The molecule has 0 aliphatic rings. The average molecular weight is 362 g/mol. The highest BCUT2D eigenvalue weighted by atomic mass is 127. The molecule has 1 atom stereocenters. The van der Waals surface area contributed by atoms with Crippen molar-refractivity contribution >= 4 is 29.9 Å². The van der Waals surface area contributed by atoms with E-state index >= 15 is 0 Å². The van der Waals surface area contributed by atoms with Gasteiger partial charge in [-0.2, -0.15) is 0 Å². The minimum absolute atomic E-state index is 0. The second-order valence-corrected chi connectivity index (χ2v) is 4.15. The topological polar surface area (TPSA) is 49.3 Å². The Balaban J connectivity index is 0.00000289. The van der Waals surface area contributed by atoms with E-state index < -0.39 is 0 Å². The second-order valence-electron chi connectivity index (χ2n) is 4.15. The van der Waals surface area contributed by atoms with E-state index in [2.05, 4.69) is 34.5 Å². The first-order chi connectivity index (χ1) is 8.15. The first-order valence-electron chi connectivity index (χ1n) is 6.05. The van der Waals surface area contributed by atoms with Crippen molar-refractivity contribution in [2.45, 2.75) is 39.8 Å². The summed E-state index contributed by atoms with van der Waals surface area (Å²) >= 11 is 0. The van der Waals surface area contributed by atoms with Crippen molar-refractivity contribution in [3.05, 3.63) is 29.6 Å². The molecule has 0 fully saturated rings. The third kappa shape index (κ3) is 6.18. The molecule has 0 aliphatic heterocycles. The maximum atomic E-state index is 4.43. The highest BCUT2D eigenvalue weighted by molar-refractivity contribution is 14.0. The van der Waals surface area contributed by atoms with Crippen LogP contribution in [0.5, 0.6) is 0 Å². The largest absolute Gasteiger partial charge is 0.354 e. The van der Waals surface area contributed by atoms with Gasteiger partial charge in [0.15, 0.2) is 5.96 Å². The Kier molecular flexibility index (Phi) is 8.70. The molecule has 2 N–H and O–H groups in total. The van der Waals surface area contributed by atoms with Crippen molar-refractivity contribution < 1.29 is 0 Å². The Morgan fingerprint density at radius 3 is 2.72 bits per heavy atom. The van der Waals surface area contributed by atoms with Gasteiger partial charge in [-0.15, -0.1) is 24.0 Å². The van der Waals surface area contributed by atoms with Gasteiger partial charge in [0.25, 0.3) is 0 Å². The first kappa shape index (κ1) is 17.2. The van der Waals surface area contributed by atoms with Crippen molar-refractivity contribution in [2.24, 2.45) is 4.99 Å². The van der Waals surface area contributed by atoms with Gasteiger partial charge < -0.3 is 10.6 Å². The molecule has 1 aromatic heterocycles. The summed E-state index contributed by atoms with van der Waals surface area (Å²) in [5.74, 6) is 0.822. The zero-order valence-electron chi connectivity index (χ0n) is 11.5. The van der Waals surface area contributed by atoms with Crippen LogP contribution in [-0.4, -0.2) is 24.0 Å². The van der Waals surface area contributed by atoms with Crippen LogP contribution in [0.2, 0.25) is 0 Å². The Morgan fingerprint density at radius 1 is 1.44 bits per heavy atom. The van der Waals surface area contributed by atoms with Gasteiger partial charge in [-0.05, 0) is 32.4 Å². The normalized spacial score (nSPS) is 12.6. The fourth-order valence-corrected chi connectivity index (χ4v) is 1.40. The molecule has 4 nitrogen and oxygen atoms in total. The zero-order valence-corrected chi connectivity index (χ0v) is 13.9. The van der Waals surface area contributed by atoms with Gasteiger partial charge in [0.2, 0.25) is 0 Å². The Bertz CT molecular complexity index is 379. The summed E-state index contributed by atoms with van der Waals surface area (Å²) in [6.07, 6.45) is 1.07. The lowest BCUT2D eigenvalue weighted by atomic mass is 10.3. The number of halogens is 1. The number of aromatic nitrogens is 1. The standard InChI is InChI=1S/C13H22N4.HI/c1-5-10(2)17-13(14-4)15-9-12-8-6-7-11(3)16-12;/h6-8,10H,5,9H2,1-4H3,(H2,14,15,17);1H. The van der Waals surface area contributed by atoms with Gasteiger partial charge in [0.05, 0.1) is 12.2 Å². The zero-order chi connectivity index (χ0) is 12.7. The van der Waals surface area contributed by atoms with Crippen LogP contribution in [0.1, 0.15) is 31.7 Å². The van der Waals surface area contributed by atoms with Crippen LogP contribution in [0.15, 0.2) is 23.2 Å². The van der Waals surface area contributed by atoms with E-state index in [4.69, 9.17) is 0 Å².